The number of nitrogens with one attached hydrogen (secondary N) is 1. The van der Waals surface area contributed by atoms with Crippen LogP contribution in [0.2, 0.25) is 0 Å². The van der Waals surface area contributed by atoms with Crippen molar-refractivity contribution in [2.24, 2.45) is 0 Å². The van der Waals surface area contributed by atoms with Crippen LogP contribution in [0.15, 0.2) is 59.1 Å². The van der Waals surface area contributed by atoms with Gasteiger partial charge in [0.1, 0.15) is 0 Å². The highest BCUT2D eigenvalue weighted by Crippen LogP contribution is 2.28. The van der Waals surface area contributed by atoms with Crippen LogP contribution < -0.4 is 5.32 Å². The summed E-state index contributed by atoms with van der Waals surface area (Å²) in [6, 6.07) is 15.3. The molecule has 144 valence electrons. The Bertz CT molecular complexity index is 943. The summed E-state index contributed by atoms with van der Waals surface area (Å²) < 4.78 is 16.9. The topological polar surface area (TPSA) is 73.6 Å². The molecule has 0 saturated carbocycles. The molecule has 1 aromatic heterocycles. The van der Waals surface area contributed by atoms with Crippen LogP contribution in [0, 0.1) is 6.92 Å². The molecule has 0 aliphatic carbocycles. The van der Waals surface area contributed by atoms with Crippen molar-refractivity contribution in [1.29, 1.82) is 0 Å². The maximum atomic E-state index is 12.7. The number of amides is 1. The van der Waals surface area contributed by atoms with E-state index in [1.165, 1.54) is 5.56 Å². The summed E-state index contributed by atoms with van der Waals surface area (Å²) in [4.78, 5) is 17.1. The second kappa shape index (κ2) is 8.37. The van der Waals surface area contributed by atoms with Gasteiger partial charge in [0, 0.05) is 17.7 Å². The predicted octanol–water partition coefficient (Wildman–Crippen LogP) is 3.46. The second-order valence-electron chi connectivity index (χ2n) is 6.72. The number of aryl methyl sites for hydroxylation is 1. The first kappa shape index (κ1) is 18.4. The van der Waals surface area contributed by atoms with E-state index in [1.54, 1.807) is 12.3 Å². The maximum absolute atomic E-state index is 12.7. The highest BCUT2D eigenvalue weighted by atomic mass is 16.6. The number of ether oxygens (including phenoxy) is 2. The van der Waals surface area contributed by atoms with Gasteiger partial charge in [0.25, 0.3) is 5.91 Å². The molecule has 2 heterocycles. The van der Waals surface area contributed by atoms with Crippen LogP contribution in [0.3, 0.4) is 0 Å². The van der Waals surface area contributed by atoms with Crippen molar-refractivity contribution in [3.63, 3.8) is 0 Å². The Morgan fingerprint density at radius 1 is 1.14 bits per heavy atom. The molecule has 0 spiro atoms. The number of carbonyl (C=O) groups excluding carboxylic acids is 1. The van der Waals surface area contributed by atoms with Crippen LogP contribution in [0.4, 0.5) is 0 Å². The largest absolute Gasteiger partial charge is 0.436 e. The molecule has 1 saturated heterocycles. The zero-order chi connectivity index (χ0) is 19.3. The fourth-order valence-electron chi connectivity index (χ4n) is 3.07. The average molecular weight is 378 g/mol. The first-order valence-corrected chi connectivity index (χ1v) is 9.30. The highest BCUT2D eigenvalue weighted by molar-refractivity contribution is 6.00. The van der Waals surface area contributed by atoms with Gasteiger partial charge in [0.2, 0.25) is 5.89 Å². The zero-order valence-corrected chi connectivity index (χ0v) is 15.7. The van der Waals surface area contributed by atoms with Gasteiger partial charge >= 0.3 is 0 Å². The quantitative estimate of drug-likeness (QED) is 0.736. The molecule has 0 bridgehead atoms. The van der Waals surface area contributed by atoms with Crippen LogP contribution in [-0.2, 0) is 9.47 Å². The van der Waals surface area contributed by atoms with Gasteiger partial charge < -0.3 is 19.2 Å². The molecular weight excluding hydrogens is 356 g/mol. The third-order valence-corrected chi connectivity index (χ3v) is 4.62. The van der Waals surface area contributed by atoms with Gasteiger partial charge in [0.05, 0.1) is 37.7 Å². The minimum Gasteiger partial charge on any atom is -0.436 e. The fraction of sp³-hybridized carbons (Fsp3) is 0.273. The molecule has 1 unspecified atom stereocenters. The van der Waals surface area contributed by atoms with Crippen molar-refractivity contribution in [2.45, 2.75) is 13.0 Å². The van der Waals surface area contributed by atoms with Crippen molar-refractivity contribution in [1.82, 2.24) is 10.3 Å². The lowest BCUT2D eigenvalue weighted by atomic mass is 10.1. The molecule has 4 rings (SSSR count). The molecule has 1 aliphatic rings. The third-order valence-electron chi connectivity index (χ3n) is 4.62. The number of oxazole rings is 1. The standard InChI is InChI=1S/C22H22N2O4/c1-15-6-8-16(9-7-15)20-13-24-22(28-20)19-5-3-2-4-18(19)21(25)23-12-17-14-26-10-11-27-17/h2-9,13,17H,10-12,14H2,1H3,(H,23,25). The molecule has 1 N–H and O–H groups in total. The van der Waals surface area contributed by atoms with Crippen LogP contribution in [-0.4, -0.2) is 43.4 Å². The molecule has 6 nitrogen and oxygen atoms in total. The molecule has 6 heteroatoms. The van der Waals surface area contributed by atoms with Crippen LogP contribution in [0.25, 0.3) is 22.8 Å². The van der Waals surface area contributed by atoms with E-state index in [-0.39, 0.29) is 12.0 Å². The summed E-state index contributed by atoms with van der Waals surface area (Å²) in [5.74, 6) is 0.886. The highest BCUT2D eigenvalue weighted by Gasteiger charge is 2.19. The number of nitrogens with zero attached hydrogens (tertiary/aromatic N) is 1. The van der Waals surface area contributed by atoms with Gasteiger partial charge in [-0.2, -0.15) is 0 Å². The molecular formula is C22H22N2O4. The smallest absolute Gasteiger partial charge is 0.252 e. The minimum atomic E-state index is -0.195. The minimum absolute atomic E-state index is 0.125. The molecule has 1 amide bonds. The van der Waals surface area contributed by atoms with E-state index in [4.69, 9.17) is 13.9 Å². The lowest BCUT2D eigenvalue weighted by molar-refractivity contribution is -0.0855. The molecule has 3 aromatic rings. The molecule has 0 radical (unpaired) electrons. The van der Waals surface area contributed by atoms with E-state index >= 15 is 0 Å². The fourth-order valence-corrected chi connectivity index (χ4v) is 3.07. The van der Waals surface area contributed by atoms with E-state index in [0.29, 0.717) is 49.1 Å². The monoisotopic (exact) mass is 378 g/mol. The van der Waals surface area contributed by atoms with Crippen molar-refractivity contribution < 1.29 is 18.7 Å². The molecule has 1 aliphatic heterocycles. The summed E-state index contributed by atoms with van der Waals surface area (Å²) >= 11 is 0. The van der Waals surface area contributed by atoms with Gasteiger partial charge in [-0.15, -0.1) is 0 Å². The molecule has 1 atom stereocenters. The summed E-state index contributed by atoms with van der Waals surface area (Å²) in [6.07, 6.45) is 1.56. The predicted molar refractivity (Wildman–Crippen MR) is 105 cm³/mol. The van der Waals surface area contributed by atoms with Crippen molar-refractivity contribution in [2.75, 3.05) is 26.4 Å². The molecule has 1 fully saturated rings. The van der Waals surface area contributed by atoms with Crippen molar-refractivity contribution in [3.8, 4) is 22.8 Å². The summed E-state index contributed by atoms with van der Waals surface area (Å²) in [7, 11) is 0. The Morgan fingerprint density at radius 2 is 1.96 bits per heavy atom. The van der Waals surface area contributed by atoms with Crippen molar-refractivity contribution in [3.05, 3.63) is 65.9 Å². The van der Waals surface area contributed by atoms with E-state index in [2.05, 4.69) is 10.3 Å². The average Bonchev–Trinajstić information content (AvgIpc) is 3.23. The van der Waals surface area contributed by atoms with Gasteiger partial charge in [-0.05, 0) is 19.1 Å². The Morgan fingerprint density at radius 3 is 2.75 bits per heavy atom. The number of carbonyl (C=O) groups is 1. The Labute approximate surface area is 163 Å². The number of hydrogen-bond donors (Lipinski definition) is 1. The summed E-state index contributed by atoms with van der Waals surface area (Å²) in [5.41, 5.74) is 3.29. The van der Waals surface area contributed by atoms with Gasteiger partial charge in [0.15, 0.2) is 5.76 Å². The first-order chi connectivity index (χ1) is 13.7. The molecule has 2 aromatic carbocycles. The second-order valence-corrected chi connectivity index (χ2v) is 6.72. The van der Waals surface area contributed by atoms with Crippen LogP contribution >= 0.6 is 0 Å². The number of hydrogen-bond acceptors (Lipinski definition) is 5. The normalized spacial score (nSPS) is 16.7. The van der Waals surface area contributed by atoms with E-state index in [9.17, 15) is 4.79 Å². The lowest BCUT2D eigenvalue weighted by Crippen LogP contribution is -2.39. The summed E-state index contributed by atoms with van der Waals surface area (Å²) in [6.45, 7) is 4.07. The lowest BCUT2D eigenvalue weighted by Gasteiger charge is -2.23. The van der Waals surface area contributed by atoms with E-state index < -0.39 is 0 Å². The van der Waals surface area contributed by atoms with Crippen LogP contribution in [0.1, 0.15) is 15.9 Å². The van der Waals surface area contributed by atoms with Crippen molar-refractivity contribution >= 4 is 5.91 Å². The first-order valence-electron chi connectivity index (χ1n) is 9.30. The Balaban J connectivity index is 1.52. The number of rotatable bonds is 5. The van der Waals surface area contributed by atoms with Gasteiger partial charge in [-0.1, -0.05) is 42.0 Å². The van der Waals surface area contributed by atoms with Crippen LogP contribution in [0.5, 0.6) is 0 Å². The Kier molecular flexibility index (Phi) is 5.50. The maximum Gasteiger partial charge on any atom is 0.252 e. The van der Waals surface area contributed by atoms with Gasteiger partial charge in [-0.3, -0.25) is 4.79 Å². The van der Waals surface area contributed by atoms with E-state index in [0.717, 1.165) is 5.56 Å². The number of benzene rings is 2. The SMILES string of the molecule is Cc1ccc(-c2cnc(-c3ccccc3C(=O)NCC3COCCO3)o2)cc1. The Hall–Kier alpha value is -2.96. The summed E-state index contributed by atoms with van der Waals surface area (Å²) in [5, 5.41) is 2.91. The zero-order valence-electron chi connectivity index (χ0n) is 15.7. The number of aromatic nitrogens is 1. The van der Waals surface area contributed by atoms with Gasteiger partial charge in [-0.25, -0.2) is 4.98 Å². The molecule has 28 heavy (non-hydrogen) atoms. The van der Waals surface area contributed by atoms with E-state index in [1.807, 2.05) is 49.4 Å². The third kappa shape index (κ3) is 4.13.